The van der Waals surface area contributed by atoms with E-state index >= 15 is 0 Å². The van der Waals surface area contributed by atoms with Crippen LogP contribution in [0.25, 0.3) is 5.13 Å². The van der Waals surface area contributed by atoms with Crippen molar-refractivity contribution >= 4 is 23.1 Å². The van der Waals surface area contributed by atoms with E-state index in [1.165, 1.54) is 30.3 Å². The van der Waals surface area contributed by atoms with Crippen molar-refractivity contribution in [2.45, 2.75) is 32.6 Å². The quantitative estimate of drug-likeness (QED) is 0.902. The third kappa shape index (κ3) is 2.15. The van der Waals surface area contributed by atoms with E-state index in [2.05, 4.69) is 15.4 Å². The van der Waals surface area contributed by atoms with E-state index in [0.29, 0.717) is 5.82 Å². The van der Waals surface area contributed by atoms with Gasteiger partial charge in [-0.1, -0.05) is 11.3 Å². The first kappa shape index (κ1) is 11.4. The molecule has 0 saturated heterocycles. The Balaban J connectivity index is 1.87. The Morgan fingerprint density at radius 3 is 3.06 bits per heavy atom. The number of rotatable bonds is 2. The molecule has 0 atom stereocenters. The van der Waals surface area contributed by atoms with E-state index in [-0.39, 0.29) is 5.91 Å². The third-order valence-corrected chi connectivity index (χ3v) is 4.07. The summed E-state index contributed by atoms with van der Waals surface area (Å²) in [5.74, 6) is 0.453. The van der Waals surface area contributed by atoms with Crippen LogP contribution in [-0.4, -0.2) is 20.7 Å². The molecule has 0 aromatic carbocycles. The molecule has 0 unspecified atom stereocenters. The van der Waals surface area contributed by atoms with Gasteiger partial charge in [0.2, 0.25) is 11.0 Å². The summed E-state index contributed by atoms with van der Waals surface area (Å²) in [6, 6.07) is 1.78. The van der Waals surface area contributed by atoms with E-state index < -0.39 is 0 Å². The molecule has 0 fully saturated rings. The van der Waals surface area contributed by atoms with Gasteiger partial charge in [-0.15, -0.1) is 5.10 Å². The van der Waals surface area contributed by atoms with E-state index in [0.717, 1.165) is 18.0 Å². The van der Waals surface area contributed by atoms with Crippen LogP contribution in [0.15, 0.2) is 12.3 Å². The lowest BCUT2D eigenvalue weighted by Crippen LogP contribution is -2.06. The summed E-state index contributed by atoms with van der Waals surface area (Å²) in [7, 11) is 0. The highest BCUT2D eigenvalue weighted by Gasteiger charge is 2.16. The van der Waals surface area contributed by atoms with Crippen molar-refractivity contribution in [1.29, 1.82) is 0 Å². The zero-order chi connectivity index (χ0) is 12.5. The molecule has 6 heteroatoms. The van der Waals surface area contributed by atoms with Crippen LogP contribution < -0.4 is 5.32 Å². The Kier molecular flexibility index (Phi) is 2.87. The third-order valence-electron chi connectivity index (χ3n) is 2.92. The highest BCUT2D eigenvalue weighted by Crippen LogP contribution is 2.28. The van der Waals surface area contributed by atoms with Crippen LogP contribution in [0.5, 0.6) is 0 Å². The monoisotopic (exact) mass is 262 g/mol. The number of thiazole rings is 1. The van der Waals surface area contributed by atoms with Crippen molar-refractivity contribution in [2.75, 3.05) is 5.32 Å². The largest absolute Gasteiger partial charge is 0.309 e. The van der Waals surface area contributed by atoms with E-state index in [9.17, 15) is 4.79 Å². The Morgan fingerprint density at radius 1 is 1.44 bits per heavy atom. The number of nitrogens with one attached hydrogen (secondary N) is 1. The number of aryl methyl sites for hydroxylation is 2. The summed E-state index contributed by atoms with van der Waals surface area (Å²) in [4.78, 5) is 16.9. The second kappa shape index (κ2) is 4.53. The van der Waals surface area contributed by atoms with Crippen LogP contribution in [0.3, 0.4) is 0 Å². The molecule has 0 saturated carbocycles. The van der Waals surface area contributed by atoms with Crippen molar-refractivity contribution in [2.24, 2.45) is 0 Å². The number of amides is 1. The fourth-order valence-corrected chi connectivity index (χ4v) is 3.20. The molecule has 1 N–H and O–H groups in total. The van der Waals surface area contributed by atoms with Gasteiger partial charge in [0.1, 0.15) is 0 Å². The van der Waals surface area contributed by atoms with Crippen LogP contribution in [-0.2, 0) is 17.6 Å². The average molecular weight is 262 g/mol. The van der Waals surface area contributed by atoms with Crippen molar-refractivity contribution in [3.8, 4) is 5.13 Å². The summed E-state index contributed by atoms with van der Waals surface area (Å²) in [5, 5.41) is 7.85. The van der Waals surface area contributed by atoms with Gasteiger partial charge < -0.3 is 5.32 Å². The number of hydrogen-bond acceptors (Lipinski definition) is 4. The minimum Gasteiger partial charge on any atom is -0.309 e. The number of nitrogens with zero attached hydrogens (tertiary/aromatic N) is 3. The molecule has 2 aromatic heterocycles. The van der Waals surface area contributed by atoms with Gasteiger partial charge in [-0.2, -0.15) is 0 Å². The molecule has 3 rings (SSSR count). The minimum absolute atomic E-state index is 0.112. The van der Waals surface area contributed by atoms with Gasteiger partial charge in [0.05, 0.1) is 5.69 Å². The average Bonchev–Trinajstić information content (AvgIpc) is 2.93. The van der Waals surface area contributed by atoms with E-state index in [4.69, 9.17) is 0 Å². The highest BCUT2D eigenvalue weighted by atomic mass is 32.1. The molecule has 1 aliphatic carbocycles. The molecule has 0 bridgehead atoms. The second-order valence-corrected chi connectivity index (χ2v) is 5.46. The van der Waals surface area contributed by atoms with Crippen LogP contribution >= 0.6 is 11.3 Å². The number of carbonyl (C=O) groups excluding carboxylic acids is 1. The molecule has 2 heterocycles. The number of fused-ring (bicyclic) bond motifs is 1. The lowest BCUT2D eigenvalue weighted by molar-refractivity contribution is -0.114. The molecule has 1 amide bonds. The maximum atomic E-state index is 10.9. The van der Waals surface area contributed by atoms with Crippen LogP contribution in [0, 0.1) is 0 Å². The Bertz CT molecular complexity index is 563. The van der Waals surface area contributed by atoms with Gasteiger partial charge in [-0.05, 0) is 25.7 Å². The molecule has 2 aromatic rings. The van der Waals surface area contributed by atoms with E-state index in [1.807, 2.05) is 6.20 Å². The van der Waals surface area contributed by atoms with Crippen LogP contribution in [0.1, 0.15) is 30.3 Å². The molecule has 94 valence electrons. The Morgan fingerprint density at radius 2 is 2.28 bits per heavy atom. The number of aromatic nitrogens is 3. The summed E-state index contributed by atoms with van der Waals surface area (Å²) in [6.45, 7) is 1.47. The molecule has 1 aliphatic rings. The van der Waals surface area contributed by atoms with Gasteiger partial charge in [0.15, 0.2) is 5.82 Å². The summed E-state index contributed by atoms with van der Waals surface area (Å²) in [5.41, 5.74) is 1.22. The predicted octanol–water partition coefficient (Wildman–Crippen LogP) is 2.17. The van der Waals surface area contributed by atoms with Gasteiger partial charge in [0, 0.05) is 24.1 Å². The van der Waals surface area contributed by atoms with Crippen LogP contribution in [0.2, 0.25) is 0 Å². The Labute approximate surface area is 109 Å². The second-order valence-electron chi connectivity index (χ2n) is 4.40. The SMILES string of the molecule is CC(=O)Nc1ccn(-c2nc3c(s2)CCCC3)n1. The maximum Gasteiger partial charge on any atom is 0.222 e. The smallest absolute Gasteiger partial charge is 0.222 e. The molecule has 0 radical (unpaired) electrons. The molecule has 0 spiro atoms. The first-order valence-electron chi connectivity index (χ1n) is 6.04. The summed E-state index contributed by atoms with van der Waals surface area (Å²) >= 11 is 1.70. The highest BCUT2D eigenvalue weighted by molar-refractivity contribution is 7.14. The van der Waals surface area contributed by atoms with Crippen molar-refractivity contribution in [1.82, 2.24) is 14.8 Å². The van der Waals surface area contributed by atoms with Gasteiger partial charge in [-0.3, -0.25) is 4.79 Å². The van der Waals surface area contributed by atoms with Gasteiger partial charge >= 0.3 is 0 Å². The fourth-order valence-electron chi connectivity index (χ4n) is 2.11. The normalized spacial score (nSPS) is 14.3. The summed E-state index contributed by atoms with van der Waals surface area (Å²) in [6.07, 6.45) is 6.52. The first-order chi connectivity index (χ1) is 8.72. The Hall–Kier alpha value is -1.69. The lowest BCUT2D eigenvalue weighted by atomic mass is 10.0. The predicted molar refractivity (Wildman–Crippen MR) is 70.2 cm³/mol. The van der Waals surface area contributed by atoms with Crippen molar-refractivity contribution in [3.63, 3.8) is 0 Å². The topological polar surface area (TPSA) is 59.8 Å². The zero-order valence-corrected chi connectivity index (χ0v) is 11.0. The molecule has 5 nitrogen and oxygen atoms in total. The summed E-state index contributed by atoms with van der Waals surface area (Å²) < 4.78 is 1.73. The standard InChI is InChI=1S/C12H14N4OS/c1-8(17)13-11-6-7-16(15-11)12-14-9-4-2-3-5-10(9)18-12/h6-7H,2-5H2,1H3,(H,13,15,17). The van der Waals surface area contributed by atoms with Gasteiger partial charge in [-0.25, -0.2) is 9.67 Å². The minimum atomic E-state index is -0.112. The molecular formula is C12H14N4OS. The number of anilines is 1. The molecule has 18 heavy (non-hydrogen) atoms. The maximum absolute atomic E-state index is 10.9. The molecular weight excluding hydrogens is 248 g/mol. The van der Waals surface area contributed by atoms with E-state index in [1.54, 1.807) is 22.1 Å². The zero-order valence-electron chi connectivity index (χ0n) is 10.1. The van der Waals surface area contributed by atoms with Gasteiger partial charge in [0.25, 0.3) is 0 Å². The lowest BCUT2D eigenvalue weighted by Gasteiger charge is -2.06. The van der Waals surface area contributed by atoms with Crippen molar-refractivity contribution < 1.29 is 4.79 Å². The fraction of sp³-hybridized carbons (Fsp3) is 0.417. The molecule has 0 aliphatic heterocycles. The van der Waals surface area contributed by atoms with Crippen molar-refractivity contribution in [3.05, 3.63) is 22.8 Å². The first-order valence-corrected chi connectivity index (χ1v) is 6.86. The number of hydrogen-bond donors (Lipinski definition) is 1. The van der Waals surface area contributed by atoms with Crippen LogP contribution in [0.4, 0.5) is 5.82 Å². The number of carbonyl (C=O) groups is 1.